The van der Waals surface area contributed by atoms with Crippen LogP contribution in [0.5, 0.6) is 11.5 Å². The molecule has 1 heterocycles. The van der Waals surface area contributed by atoms with Crippen LogP contribution in [0.4, 0.5) is 5.69 Å². The number of nitrogens with one attached hydrogen (secondary N) is 1. The minimum Gasteiger partial charge on any atom is -0.494 e. The summed E-state index contributed by atoms with van der Waals surface area (Å²) in [5.74, 6) is 0.631. The number of aryl methyl sites for hydroxylation is 2. The van der Waals surface area contributed by atoms with Crippen molar-refractivity contribution < 1.29 is 23.5 Å². The molecule has 6 heteroatoms. The van der Waals surface area contributed by atoms with Crippen molar-refractivity contribution in [3.63, 3.8) is 0 Å². The fraction of sp³-hybridized carbons (Fsp3) is 0.185. The Morgan fingerprint density at radius 3 is 2.33 bits per heavy atom. The normalized spacial score (nSPS) is 10.8. The van der Waals surface area contributed by atoms with Crippen LogP contribution in [-0.4, -0.2) is 24.9 Å². The number of hydrogen-bond donors (Lipinski definition) is 1. The molecular weight excluding hydrogens is 418 g/mol. The highest BCUT2D eigenvalue weighted by Crippen LogP contribution is 2.33. The molecule has 0 radical (unpaired) electrons. The van der Waals surface area contributed by atoms with Crippen LogP contribution in [0.15, 0.2) is 71.1 Å². The monoisotopic (exact) mass is 443 g/mol. The Morgan fingerprint density at radius 2 is 1.61 bits per heavy atom. The molecule has 0 aliphatic heterocycles. The Labute approximate surface area is 192 Å². The maximum absolute atomic E-state index is 13.2. The lowest BCUT2D eigenvalue weighted by molar-refractivity contribution is -0.118. The van der Waals surface area contributed by atoms with Gasteiger partial charge in [0, 0.05) is 10.9 Å². The lowest BCUT2D eigenvalue weighted by atomic mass is 10.1. The fourth-order valence-corrected chi connectivity index (χ4v) is 3.46. The fourth-order valence-electron chi connectivity index (χ4n) is 3.46. The van der Waals surface area contributed by atoms with Gasteiger partial charge in [-0.15, -0.1) is 0 Å². The second kappa shape index (κ2) is 9.61. The average Bonchev–Trinajstić information content (AvgIpc) is 3.18. The molecule has 4 rings (SSSR count). The van der Waals surface area contributed by atoms with Gasteiger partial charge in [0.05, 0.1) is 12.3 Å². The first-order chi connectivity index (χ1) is 16.0. The van der Waals surface area contributed by atoms with Gasteiger partial charge in [-0.25, -0.2) is 0 Å². The van der Waals surface area contributed by atoms with Crippen LogP contribution in [0.3, 0.4) is 0 Å². The zero-order chi connectivity index (χ0) is 23.4. The van der Waals surface area contributed by atoms with Gasteiger partial charge in [0.2, 0.25) is 5.78 Å². The van der Waals surface area contributed by atoms with Crippen molar-refractivity contribution in [3.05, 3.63) is 89.2 Å². The third-order valence-corrected chi connectivity index (χ3v) is 5.34. The van der Waals surface area contributed by atoms with Gasteiger partial charge in [0.15, 0.2) is 12.4 Å². The minimum absolute atomic E-state index is 0.0693. The quantitative estimate of drug-likeness (QED) is 0.354. The Morgan fingerprint density at radius 1 is 0.879 bits per heavy atom. The molecule has 1 amide bonds. The molecule has 4 aromatic rings. The lowest BCUT2D eigenvalue weighted by Gasteiger charge is -2.09. The van der Waals surface area contributed by atoms with Gasteiger partial charge < -0.3 is 19.2 Å². The van der Waals surface area contributed by atoms with Crippen molar-refractivity contribution in [2.45, 2.75) is 20.8 Å². The average molecular weight is 443 g/mol. The summed E-state index contributed by atoms with van der Waals surface area (Å²) in [4.78, 5) is 25.9. The standard InChI is InChI=1S/C27H25NO5/c1-4-31-20-13-10-19(11-14-20)26(30)27-25(22-7-5-6-8-23(22)33-27)28-24(29)16-32-21-12-9-17(2)18(3)15-21/h5-15H,4,16H2,1-3H3,(H,28,29). The molecule has 0 atom stereocenters. The zero-order valence-corrected chi connectivity index (χ0v) is 18.8. The Balaban J connectivity index is 1.57. The maximum atomic E-state index is 13.2. The van der Waals surface area contributed by atoms with Gasteiger partial charge in [0.1, 0.15) is 17.1 Å². The first-order valence-corrected chi connectivity index (χ1v) is 10.7. The van der Waals surface area contributed by atoms with E-state index in [9.17, 15) is 9.59 Å². The van der Waals surface area contributed by atoms with Gasteiger partial charge in [0.25, 0.3) is 5.91 Å². The summed E-state index contributed by atoms with van der Waals surface area (Å²) in [5.41, 5.74) is 3.50. The van der Waals surface area contributed by atoms with Crippen molar-refractivity contribution in [1.82, 2.24) is 0 Å². The number of carbonyl (C=O) groups is 2. The molecule has 0 saturated carbocycles. The van der Waals surface area contributed by atoms with E-state index in [1.54, 1.807) is 36.4 Å². The van der Waals surface area contributed by atoms with E-state index in [1.807, 2.05) is 51.1 Å². The smallest absolute Gasteiger partial charge is 0.262 e. The molecule has 33 heavy (non-hydrogen) atoms. The Hall–Kier alpha value is -4.06. The molecule has 1 N–H and O–H groups in total. The zero-order valence-electron chi connectivity index (χ0n) is 18.8. The van der Waals surface area contributed by atoms with Crippen LogP contribution in [0.25, 0.3) is 11.0 Å². The summed E-state index contributed by atoms with van der Waals surface area (Å²) in [6.45, 7) is 6.24. The molecule has 1 aromatic heterocycles. The van der Waals surface area contributed by atoms with Gasteiger partial charge in [-0.3, -0.25) is 9.59 Å². The molecule has 0 fully saturated rings. The van der Waals surface area contributed by atoms with E-state index < -0.39 is 0 Å². The number of carbonyl (C=O) groups excluding carboxylic acids is 2. The van der Waals surface area contributed by atoms with Crippen molar-refractivity contribution in [1.29, 1.82) is 0 Å². The summed E-state index contributed by atoms with van der Waals surface area (Å²) < 4.78 is 16.9. The summed E-state index contributed by atoms with van der Waals surface area (Å²) in [6, 6.07) is 19.7. The molecule has 0 saturated heterocycles. The number of fused-ring (bicyclic) bond motifs is 1. The predicted octanol–water partition coefficient (Wildman–Crippen LogP) is 5.70. The van der Waals surface area contributed by atoms with Crippen molar-refractivity contribution in [3.8, 4) is 11.5 Å². The molecule has 168 valence electrons. The second-order valence-corrected chi connectivity index (χ2v) is 7.67. The number of furan rings is 1. The van der Waals surface area contributed by atoms with Crippen molar-refractivity contribution in [2.75, 3.05) is 18.5 Å². The summed E-state index contributed by atoms with van der Waals surface area (Å²) >= 11 is 0. The molecule has 0 unspecified atom stereocenters. The number of anilines is 1. The topological polar surface area (TPSA) is 77.8 Å². The third-order valence-electron chi connectivity index (χ3n) is 5.34. The van der Waals surface area contributed by atoms with Crippen LogP contribution in [0.2, 0.25) is 0 Å². The number of ketones is 1. The van der Waals surface area contributed by atoms with Crippen LogP contribution in [-0.2, 0) is 4.79 Å². The second-order valence-electron chi connectivity index (χ2n) is 7.67. The Kier molecular flexibility index (Phi) is 6.45. The summed E-state index contributed by atoms with van der Waals surface area (Å²) in [7, 11) is 0. The van der Waals surface area contributed by atoms with Crippen LogP contribution in [0.1, 0.15) is 34.2 Å². The molecule has 0 aliphatic carbocycles. The van der Waals surface area contributed by atoms with Gasteiger partial charge in [-0.1, -0.05) is 18.2 Å². The summed E-state index contributed by atoms with van der Waals surface area (Å²) in [6.07, 6.45) is 0. The lowest BCUT2D eigenvalue weighted by Crippen LogP contribution is -2.21. The van der Waals surface area contributed by atoms with E-state index in [1.165, 1.54) is 0 Å². The van der Waals surface area contributed by atoms with Crippen molar-refractivity contribution in [2.24, 2.45) is 0 Å². The highest BCUT2D eigenvalue weighted by molar-refractivity contribution is 6.17. The number of hydrogen-bond acceptors (Lipinski definition) is 5. The number of ether oxygens (including phenoxy) is 2. The third kappa shape index (κ3) is 4.90. The molecule has 0 bridgehead atoms. The van der Waals surface area contributed by atoms with E-state index in [4.69, 9.17) is 13.9 Å². The van der Waals surface area contributed by atoms with E-state index in [0.717, 1.165) is 11.1 Å². The molecule has 0 spiro atoms. The number of rotatable bonds is 8. The first-order valence-electron chi connectivity index (χ1n) is 10.7. The highest BCUT2D eigenvalue weighted by Gasteiger charge is 2.23. The van der Waals surface area contributed by atoms with E-state index in [0.29, 0.717) is 40.3 Å². The van der Waals surface area contributed by atoms with E-state index in [2.05, 4.69) is 5.32 Å². The molecule has 6 nitrogen and oxygen atoms in total. The minimum atomic E-state index is -0.388. The first kappa shape index (κ1) is 22.1. The molecular formula is C27H25NO5. The van der Waals surface area contributed by atoms with Crippen LogP contribution >= 0.6 is 0 Å². The molecule has 3 aromatic carbocycles. The Bertz CT molecular complexity index is 1300. The number of benzene rings is 3. The van der Waals surface area contributed by atoms with Gasteiger partial charge >= 0.3 is 0 Å². The largest absolute Gasteiger partial charge is 0.494 e. The van der Waals surface area contributed by atoms with Gasteiger partial charge in [-0.05, 0) is 80.4 Å². The SMILES string of the molecule is CCOc1ccc(C(=O)c2oc3ccccc3c2NC(=O)COc2ccc(C)c(C)c2)cc1. The van der Waals surface area contributed by atoms with E-state index >= 15 is 0 Å². The van der Waals surface area contributed by atoms with Crippen LogP contribution < -0.4 is 14.8 Å². The van der Waals surface area contributed by atoms with E-state index in [-0.39, 0.29) is 24.1 Å². The number of para-hydroxylation sites is 1. The maximum Gasteiger partial charge on any atom is 0.262 e. The molecule has 0 aliphatic rings. The number of amides is 1. The predicted molar refractivity (Wildman–Crippen MR) is 127 cm³/mol. The van der Waals surface area contributed by atoms with Crippen molar-refractivity contribution >= 4 is 28.3 Å². The summed E-state index contributed by atoms with van der Waals surface area (Å²) in [5, 5.41) is 3.45. The van der Waals surface area contributed by atoms with Crippen LogP contribution in [0, 0.1) is 13.8 Å². The highest BCUT2D eigenvalue weighted by atomic mass is 16.5. The van der Waals surface area contributed by atoms with Gasteiger partial charge in [-0.2, -0.15) is 0 Å².